The van der Waals surface area contributed by atoms with Gasteiger partial charge in [0, 0.05) is 12.3 Å². The van der Waals surface area contributed by atoms with Crippen LogP contribution in [0, 0.1) is 11.8 Å². The maximum atomic E-state index is 10.6. The van der Waals surface area contributed by atoms with Crippen LogP contribution in [0.5, 0.6) is 0 Å². The van der Waals surface area contributed by atoms with Crippen LogP contribution >= 0.6 is 11.6 Å². The Morgan fingerprint density at radius 1 is 1.77 bits per heavy atom. The maximum Gasteiger partial charge on any atom is 0.355 e. The van der Waals surface area contributed by atoms with E-state index in [0.29, 0.717) is 17.9 Å². The van der Waals surface area contributed by atoms with Gasteiger partial charge in [-0.15, -0.1) is 11.6 Å². The van der Waals surface area contributed by atoms with Crippen molar-refractivity contribution in [3.05, 3.63) is 17.5 Å². The first-order chi connectivity index (χ1) is 6.25. The molecule has 0 atom stereocenters. The molecule has 1 heterocycles. The minimum atomic E-state index is -1.06. The molecular weight excluding hydrogens is 192 g/mol. The van der Waals surface area contributed by atoms with E-state index in [9.17, 15) is 4.79 Å². The minimum absolute atomic E-state index is 0.0158. The number of hydrogen-bond acceptors (Lipinski definition) is 2. The van der Waals surface area contributed by atoms with Crippen molar-refractivity contribution in [2.45, 2.75) is 6.42 Å². The second kappa shape index (κ2) is 4.53. The number of nitrogens with zero attached hydrogens (tertiary/aromatic N) is 1. The average Bonchev–Trinajstić information content (AvgIpc) is 2.53. The van der Waals surface area contributed by atoms with Gasteiger partial charge in [0.15, 0.2) is 5.69 Å². The van der Waals surface area contributed by atoms with E-state index in [1.807, 2.05) is 0 Å². The van der Waals surface area contributed by atoms with Crippen LogP contribution in [0.3, 0.4) is 0 Å². The lowest BCUT2D eigenvalue weighted by molar-refractivity contribution is 0.0690. The number of aromatic nitrogens is 2. The van der Waals surface area contributed by atoms with Crippen molar-refractivity contribution in [1.29, 1.82) is 0 Å². The molecule has 0 aliphatic heterocycles. The number of halogens is 1. The fraction of sp³-hybridized carbons (Fsp3) is 0.250. The molecule has 0 aliphatic rings. The van der Waals surface area contributed by atoms with E-state index in [1.165, 1.54) is 6.20 Å². The Hall–Kier alpha value is -1.47. The third kappa shape index (κ3) is 2.49. The van der Waals surface area contributed by atoms with Gasteiger partial charge in [0.25, 0.3) is 0 Å². The third-order valence-electron chi connectivity index (χ3n) is 1.30. The number of H-pyrrole nitrogens is 1. The summed E-state index contributed by atoms with van der Waals surface area (Å²) >= 11 is 5.40. The molecule has 0 radical (unpaired) electrons. The van der Waals surface area contributed by atoms with Gasteiger partial charge in [-0.25, -0.2) is 4.79 Å². The summed E-state index contributed by atoms with van der Waals surface area (Å²) in [5.74, 6) is 4.77. The Morgan fingerprint density at radius 2 is 2.54 bits per heavy atom. The maximum absolute atomic E-state index is 10.6. The van der Waals surface area contributed by atoms with E-state index in [1.54, 1.807) is 0 Å². The van der Waals surface area contributed by atoms with E-state index in [4.69, 9.17) is 16.7 Å². The Bertz CT molecular complexity index is 362. The number of nitrogens with one attached hydrogen (secondary N) is 1. The van der Waals surface area contributed by atoms with Crippen molar-refractivity contribution in [2.24, 2.45) is 0 Å². The summed E-state index contributed by atoms with van der Waals surface area (Å²) in [6, 6.07) is 0. The molecule has 0 fully saturated rings. The molecule has 1 aromatic heterocycles. The molecule has 0 aliphatic carbocycles. The quantitative estimate of drug-likeness (QED) is 0.552. The zero-order valence-corrected chi connectivity index (χ0v) is 7.43. The van der Waals surface area contributed by atoms with Crippen molar-refractivity contribution in [1.82, 2.24) is 10.2 Å². The van der Waals surface area contributed by atoms with Crippen molar-refractivity contribution < 1.29 is 9.90 Å². The molecule has 0 aromatic carbocycles. The van der Waals surface area contributed by atoms with Gasteiger partial charge in [0.1, 0.15) is 0 Å². The molecule has 0 bridgehead atoms. The first-order valence-electron chi connectivity index (χ1n) is 3.57. The summed E-state index contributed by atoms with van der Waals surface area (Å²) < 4.78 is 0. The van der Waals surface area contributed by atoms with Crippen LogP contribution in [0.2, 0.25) is 0 Å². The molecular formula is C8H7ClN2O2. The topological polar surface area (TPSA) is 66.0 Å². The van der Waals surface area contributed by atoms with Crippen molar-refractivity contribution in [2.75, 3.05) is 5.88 Å². The van der Waals surface area contributed by atoms with E-state index >= 15 is 0 Å². The van der Waals surface area contributed by atoms with Crippen molar-refractivity contribution >= 4 is 17.6 Å². The highest BCUT2D eigenvalue weighted by Gasteiger charge is 2.09. The van der Waals surface area contributed by atoms with Gasteiger partial charge in [0.2, 0.25) is 0 Å². The summed E-state index contributed by atoms with van der Waals surface area (Å²) in [6.45, 7) is 0. The van der Waals surface area contributed by atoms with Crippen molar-refractivity contribution in [3.63, 3.8) is 0 Å². The molecule has 1 rings (SSSR count). The van der Waals surface area contributed by atoms with Crippen LogP contribution in [0.25, 0.3) is 0 Å². The summed E-state index contributed by atoms with van der Waals surface area (Å²) in [6.07, 6.45) is 1.91. The number of carboxylic acids is 1. The smallest absolute Gasteiger partial charge is 0.355 e. The Balaban J connectivity index is 2.84. The van der Waals surface area contributed by atoms with Crippen LogP contribution in [0.15, 0.2) is 6.20 Å². The predicted octanol–water partition coefficient (Wildman–Crippen LogP) is 1.09. The standard InChI is InChI=1S/C8H7ClN2O2/c9-4-2-1-3-6-5-10-11-7(6)8(12)13/h5H,2,4H2,(H,10,11)(H,12,13). The Labute approximate surface area is 79.9 Å². The van der Waals surface area contributed by atoms with Gasteiger partial charge in [-0.3, -0.25) is 5.10 Å². The first kappa shape index (κ1) is 9.62. The van der Waals surface area contributed by atoms with E-state index in [2.05, 4.69) is 22.0 Å². The number of hydrogen-bond donors (Lipinski definition) is 2. The zero-order valence-electron chi connectivity index (χ0n) is 6.67. The molecule has 0 amide bonds. The lowest BCUT2D eigenvalue weighted by Gasteiger charge is -1.86. The molecule has 1 aromatic rings. The van der Waals surface area contributed by atoms with Crippen LogP contribution < -0.4 is 0 Å². The summed E-state index contributed by atoms with van der Waals surface area (Å²) in [5.41, 5.74) is 0.402. The average molecular weight is 199 g/mol. The van der Waals surface area contributed by atoms with Gasteiger partial charge in [-0.05, 0) is 0 Å². The fourth-order valence-corrected chi connectivity index (χ4v) is 0.843. The molecule has 2 N–H and O–H groups in total. The molecule has 4 nitrogen and oxygen atoms in total. The minimum Gasteiger partial charge on any atom is -0.476 e. The summed E-state index contributed by atoms with van der Waals surface area (Å²) in [5, 5.41) is 14.6. The second-order valence-electron chi connectivity index (χ2n) is 2.20. The van der Waals surface area contributed by atoms with Gasteiger partial charge in [-0.2, -0.15) is 5.10 Å². The molecule has 0 spiro atoms. The number of aromatic carboxylic acids is 1. The Kier molecular flexibility index (Phi) is 3.35. The number of rotatable bonds is 2. The molecule has 13 heavy (non-hydrogen) atoms. The lowest BCUT2D eigenvalue weighted by Crippen LogP contribution is -1.98. The molecule has 0 unspecified atom stereocenters. The second-order valence-corrected chi connectivity index (χ2v) is 2.58. The van der Waals surface area contributed by atoms with Crippen molar-refractivity contribution in [3.8, 4) is 11.8 Å². The fourth-order valence-electron chi connectivity index (χ4n) is 0.749. The van der Waals surface area contributed by atoms with Crippen LogP contribution in [-0.2, 0) is 0 Å². The molecule has 68 valence electrons. The van der Waals surface area contributed by atoms with E-state index < -0.39 is 5.97 Å². The van der Waals surface area contributed by atoms with E-state index in [0.717, 1.165) is 0 Å². The number of alkyl halides is 1. The monoisotopic (exact) mass is 198 g/mol. The number of aromatic amines is 1. The predicted molar refractivity (Wildman–Crippen MR) is 47.8 cm³/mol. The molecule has 0 saturated carbocycles. The zero-order chi connectivity index (χ0) is 9.68. The van der Waals surface area contributed by atoms with Crippen LogP contribution in [0.4, 0.5) is 0 Å². The van der Waals surface area contributed by atoms with Gasteiger partial charge >= 0.3 is 5.97 Å². The molecule has 5 heteroatoms. The largest absolute Gasteiger partial charge is 0.476 e. The summed E-state index contributed by atoms with van der Waals surface area (Å²) in [7, 11) is 0. The van der Waals surface area contributed by atoms with E-state index in [-0.39, 0.29) is 5.69 Å². The first-order valence-corrected chi connectivity index (χ1v) is 4.10. The highest BCUT2D eigenvalue weighted by atomic mass is 35.5. The highest BCUT2D eigenvalue weighted by molar-refractivity contribution is 6.18. The SMILES string of the molecule is O=C(O)c1[nH]ncc1C#CCCCl. The lowest BCUT2D eigenvalue weighted by atomic mass is 10.2. The highest BCUT2D eigenvalue weighted by Crippen LogP contribution is 2.01. The van der Waals surface area contributed by atoms with Crippen LogP contribution in [-0.4, -0.2) is 27.2 Å². The number of carboxylic acid groups (broad SMARTS) is 1. The third-order valence-corrected chi connectivity index (χ3v) is 1.48. The summed E-state index contributed by atoms with van der Waals surface area (Å²) in [4.78, 5) is 10.6. The van der Waals surface area contributed by atoms with Gasteiger partial charge in [0.05, 0.1) is 11.8 Å². The van der Waals surface area contributed by atoms with Gasteiger partial charge in [-0.1, -0.05) is 11.8 Å². The van der Waals surface area contributed by atoms with Gasteiger partial charge < -0.3 is 5.11 Å². The Morgan fingerprint density at radius 3 is 3.15 bits per heavy atom. The normalized spacial score (nSPS) is 9.00. The molecule has 0 saturated heterocycles. The van der Waals surface area contributed by atoms with Crippen LogP contribution in [0.1, 0.15) is 22.5 Å². The number of carbonyl (C=O) groups is 1.